The number of ether oxygens (including phenoxy) is 2. The molecule has 0 radical (unpaired) electrons. The highest BCUT2D eigenvalue weighted by Crippen LogP contribution is 2.26. The van der Waals surface area contributed by atoms with Crippen LogP contribution < -0.4 is 0 Å². The van der Waals surface area contributed by atoms with Gasteiger partial charge in [0.2, 0.25) is 6.10 Å². The Labute approximate surface area is 174 Å². The van der Waals surface area contributed by atoms with Crippen LogP contribution >= 0.6 is 0 Å². The Morgan fingerprint density at radius 3 is 2.21 bits per heavy atom. The molecule has 2 N–H and O–H groups in total. The number of carbonyl (C=O) groups excluding carboxylic acids is 2. The predicted octanol–water partition coefficient (Wildman–Crippen LogP) is 5.04. The highest BCUT2D eigenvalue weighted by molar-refractivity contribution is 5.79. The van der Waals surface area contributed by atoms with Gasteiger partial charge in [0.1, 0.15) is 0 Å². The minimum atomic E-state index is -1.06. The number of phenols is 2. The summed E-state index contributed by atoms with van der Waals surface area (Å²) in [4.78, 5) is 24.6. The lowest BCUT2D eigenvalue weighted by Gasteiger charge is -2.17. The molecule has 0 aliphatic carbocycles. The molecule has 29 heavy (non-hydrogen) atoms. The van der Waals surface area contributed by atoms with Gasteiger partial charge >= 0.3 is 11.9 Å². The van der Waals surface area contributed by atoms with Gasteiger partial charge in [0.05, 0.1) is 6.61 Å². The zero-order chi connectivity index (χ0) is 21.5. The molecule has 6 nitrogen and oxygen atoms in total. The summed E-state index contributed by atoms with van der Waals surface area (Å²) in [6.45, 7) is 4.54. The van der Waals surface area contributed by atoms with E-state index in [-0.39, 0.29) is 24.3 Å². The summed E-state index contributed by atoms with van der Waals surface area (Å²) < 4.78 is 10.7. The Kier molecular flexibility index (Phi) is 12.6. The van der Waals surface area contributed by atoms with E-state index < -0.39 is 18.0 Å². The van der Waals surface area contributed by atoms with Crippen LogP contribution in [0.15, 0.2) is 18.2 Å². The third kappa shape index (κ3) is 10.8. The lowest BCUT2D eigenvalue weighted by atomic mass is 10.1. The molecule has 164 valence electrons. The summed E-state index contributed by atoms with van der Waals surface area (Å²) in [7, 11) is 0. The molecule has 1 aromatic rings. The minimum absolute atomic E-state index is 0.0865. The fourth-order valence-electron chi connectivity index (χ4n) is 2.97. The Morgan fingerprint density at radius 2 is 1.55 bits per heavy atom. The van der Waals surface area contributed by atoms with E-state index in [0.29, 0.717) is 12.2 Å². The number of rotatable bonds is 15. The first kappa shape index (κ1) is 24.8. The van der Waals surface area contributed by atoms with Crippen LogP contribution in [0.4, 0.5) is 0 Å². The van der Waals surface area contributed by atoms with Crippen molar-refractivity contribution in [2.75, 3.05) is 6.61 Å². The molecule has 1 aromatic carbocycles. The highest BCUT2D eigenvalue weighted by atomic mass is 16.6. The number of carbonyl (C=O) groups is 2. The quantitative estimate of drug-likeness (QED) is 0.240. The van der Waals surface area contributed by atoms with Crippen molar-refractivity contribution in [2.45, 2.75) is 90.6 Å². The predicted molar refractivity (Wildman–Crippen MR) is 112 cm³/mol. The summed E-state index contributed by atoms with van der Waals surface area (Å²) in [5.41, 5.74) is 0.573. The molecular formula is C23H36O6. The minimum Gasteiger partial charge on any atom is -0.504 e. The van der Waals surface area contributed by atoms with E-state index in [0.717, 1.165) is 57.8 Å². The van der Waals surface area contributed by atoms with Crippen molar-refractivity contribution in [1.82, 2.24) is 0 Å². The number of phenolic OH excluding ortho intramolecular Hbond substituents is 2. The Bertz CT molecular complexity index is 613. The molecule has 0 heterocycles. The Morgan fingerprint density at radius 1 is 0.897 bits per heavy atom. The average molecular weight is 409 g/mol. The molecule has 0 amide bonds. The molecule has 6 heteroatoms. The second-order valence-corrected chi connectivity index (χ2v) is 7.40. The van der Waals surface area contributed by atoms with Gasteiger partial charge in [0.25, 0.3) is 0 Å². The van der Waals surface area contributed by atoms with Gasteiger partial charge in [-0.15, -0.1) is 0 Å². The first-order chi connectivity index (χ1) is 14.0. The second kappa shape index (κ2) is 14.7. The van der Waals surface area contributed by atoms with Gasteiger partial charge < -0.3 is 19.7 Å². The molecular weight excluding hydrogens is 372 g/mol. The van der Waals surface area contributed by atoms with Crippen LogP contribution in [0.25, 0.3) is 0 Å². The number of hydrogen-bond donors (Lipinski definition) is 2. The van der Waals surface area contributed by atoms with Crippen molar-refractivity contribution in [3.63, 3.8) is 0 Å². The van der Waals surface area contributed by atoms with Gasteiger partial charge in [-0.05, 0) is 30.5 Å². The first-order valence-corrected chi connectivity index (χ1v) is 10.8. The van der Waals surface area contributed by atoms with Crippen LogP contribution in [0.3, 0.4) is 0 Å². The van der Waals surface area contributed by atoms with Gasteiger partial charge in [-0.25, -0.2) is 4.79 Å². The van der Waals surface area contributed by atoms with Crippen molar-refractivity contribution in [2.24, 2.45) is 0 Å². The van der Waals surface area contributed by atoms with E-state index in [9.17, 15) is 19.8 Å². The third-order valence-electron chi connectivity index (χ3n) is 4.72. The van der Waals surface area contributed by atoms with Gasteiger partial charge in [-0.3, -0.25) is 4.79 Å². The number of unbranched alkanes of at least 4 members (excludes halogenated alkanes) is 7. The van der Waals surface area contributed by atoms with Crippen LogP contribution in [0.1, 0.15) is 83.6 Å². The summed E-state index contributed by atoms with van der Waals surface area (Å²) in [5.74, 6) is -1.52. The molecule has 0 fully saturated rings. The molecule has 0 bridgehead atoms. The molecule has 0 unspecified atom stereocenters. The lowest BCUT2D eigenvalue weighted by molar-refractivity contribution is -0.168. The molecule has 1 atom stereocenters. The van der Waals surface area contributed by atoms with Crippen molar-refractivity contribution < 1.29 is 29.3 Å². The normalized spacial score (nSPS) is 11.8. The SMILES string of the molecule is CCCCCCCOC(=O)[C@@H](Cc1ccc(O)c(O)c1)OC(=O)CCCCCC. The maximum atomic E-state index is 12.5. The number of aromatic hydroxyl groups is 2. The zero-order valence-corrected chi connectivity index (χ0v) is 17.8. The van der Waals surface area contributed by atoms with E-state index in [4.69, 9.17) is 9.47 Å². The fourth-order valence-corrected chi connectivity index (χ4v) is 2.97. The molecule has 0 aliphatic rings. The zero-order valence-electron chi connectivity index (χ0n) is 17.8. The van der Waals surface area contributed by atoms with Crippen LogP contribution in [0.2, 0.25) is 0 Å². The number of esters is 2. The monoisotopic (exact) mass is 408 g/mol. The summed E-state index contributed by atoms with van der Waals surface area (Å²) in [6.07, 6.45) is 8.30. The standard InChI is InChI=1S/C23H36O6/c1-3-5-7-9-11-15-28-23(27)21(29-22(26)12-10-8-6-4-2)17-18-13-14-19(24)20(25)16-18/h13-14,16,21,24-25H,3-12,15,17H2,1-2H3/t21-/m1/s1. The van der Waals surface area contributed by atoms with Gasteiger partial charge in [-0.1, -0.05) is 64.9 Å². The fraction of sp³-hybridized carbons (Fsp3) is 0.652. The second-order valence-electron chi connectivity index (χ2n) is 7.40. The first-order valence-electron chi connectivity index (χ1n) is 10.8. The molecule has 0 saturated heterocycles. The molecule has 0 aliphatic heterocycles. The van der Waals surface area contributed by atoms with Crippen molar-refractivity contribution in [3.05, 3.63) is 23.8 Å². The maximum absolute atomic E-state index is 12.5. The van der Waals surface area contributed by atoms with Crippen LogP contribution in [0.5, 0.6) is 11.5 Å². The molecule has 0 aromatic heterocycles. The highest BCUT2D eigenvalue weighted by Gasteiger charge is 2.25. The van der Waals surface area contributed by atoms with Crippen molar-refractivity contribution >= 4 is 11.9 Å². The number of benzene rings is 1. The maximum Gasteiger partial charge on any atom is 0.347 e. The van der Waals surface area contributed by atoms with Crippen molar-refractivity contribution in [1.29, 1.82) is 0 Å². The van der Waals surface area contributed by atoms with Gasteiger partial charge in [0, 0.05) is 12.8 Å². The molecule has 0 saturated carbocycles. The van der Waals surface area contributed by atoms with Crippen LogP contribution in [-0.2, 0) is 25.5 Å². The largest absolute Gasteiger partial charge is 0.504 e. The summed E-state index contributed by atoms with van der Waals surface area (Å²) in [6, 6.07) is 4.28. The van der Waals surface area contributed by atoms with Crippen LogP contribution in [0, 0.1) is 0 Å². The molecule has 1 rings (SSSR count). The van der Waals surface area contributed by atoms with Gasteiger partial charge in [0.15, 0.2) is 11.5 Å². The van der Waals surface area contributed by atoms with E-state index in [1.165, 1.54) is 12.1 Å². The van der Waals surface area contributed by atoms with E-state index in [1.54, 1.807) is 6.07 Å². The van der Waals surface area contributed by atoms with Crippen molar-refractivity contribution in [3.8, 4) is 11.5 Å². The smallest absolute Gasteiger partial charge is 0.347 e. The summed E-state index contributed by atoms with van der Waals surface area (Å²) >= 11 is 0. The van der Waals surface area contributed by atoms with E-state index >= 15 is 0 Å². The number of hydrogen-bond acceptors (Lipinski definition) is 6. The lowest BCUT2D eigenvalue weighted by Crippen LogP contribution is -2.31. The average Bonchev–Trinajstić information content (AvgIpc) is 2.70. The van der Waals surface area contributed by atoms with Crippen LogP contribution in [-0.4, -0.2) is 34.9 Å². The Balaban J connectivity index is 2.62. The topological polar surface area (TPSA) is 93.1 Å². The van der Waals surface area contributed by atoms with E-state index in [1.807, 2.05) is 0 Å². The Hall–Kier alpha value is -2.24. The summed E-state index contributed by atoms with van der Waals surface area (Å²) in [5, 5.41) is 19.1. The van der Waals surface area contributed by atoms with E-state index in [2.05, 4.69) is 13.8 Å². The third-order valence-corrected chi connectivity index (χ3v) is 4.72. The molecule has 0 spiro atoms. The van der Waals surface area contributed by atoms with Gasteiger partial charge in [-0.2, -0.15) is 0 Å².